The van der Waals surface area contributed by atoms with E-state index in [1.54, 1.807) is 24.3 Å². The zero-order valence-corrected chi connectivity index (χ0v) is 9.52. The first kappa shape index (κ1) is 11.7. The molecule has 17 heavy (non-hydrogen) atoms. The average Bonchev–Trinajstić information content (AvgIpc) is 2.27. The summed E-state index contributed by atoms with van der Waals surface area (Å²) < 4.78 is 34.2. The third-order valence-corrected chi connectivity index (χ3v) is 2.98. The predicted octanol–water partition coefficient (Wildman–Crippen LogP) is 0.696. The second-order valence-corrected chi connectivity index (χ2v) is 4.99. The van der Waals surface area contributed by atoms with E-state index in [9.17, 15) is 17.1 Å². The maximum absolute atomic E-state index is 12.4. The van der Waals surface area contributed by atoms with Crippen LogP contribution >= 0.6 is 0 Å². The van der Waals surface area contributed by atoms with Crippen LogP contribution in [0.15, 0.2) is 35.4 Å². The van der Waals surface area contributed by atoms with Crippen molar-refractivity contribution in [2.75, 3.05) is 5.75 Å². The third-order valence-electron chi connectivity index (χ3n) is 2.31. The average molecular weight is 256 g/mol. The molecule has 0 atom stereocenters. The molecule has 1 aromatic heterocycles. The van der Waals surface area contributed by atoms with E-state index < -0.39 is 16.0 Å². The highest BCUT2D eigenvalue weighted by molar-refractivity contribution is 7.86. The van der Waals surface area contributed by atoms with Gasteiger partial charge in [-0.05, 0) is 12.1 Å². The van der Waals surface area contributed by atoms with Crippen LogP contribution in [0.2, 0.25) is 0 Å². The molecule has 0 saturated heterocycles. The predicted molar refractivity (Wildman–Crippen MR) is 60.9 cm³/mol. The molecule has 0 aliphatic carbocycles. The van der Waals surface area contributed by atoms with Crippen molar-refractivity contribution >= 4 is 21.1 Å². The molecule has 0 saturated carbocycles. The van der Waals surface area contributed by atoms with Crippen molar-refractivity contribution in [3.05, 3.63) is 40.9 Å². The summed E-state index contributed by atoms with van der Waals surface area (Å²) in [5.41, 5.74) is 0.149. The number of nitrogens with zero attached hydrogens (tertiary/aromatic N) is 2. The fourth-order valence-electron chi connectivity index (χ4n) is 1.47. The van der Waals surface area contributed by atoms with Crippen LogP contribution in [-0.2, 0) is 16.8 Å². The van der Waals surface area contributed by atoms with Crippen LogP contribution in [0, 0.1) is 0 Å². The molecule has 0 bridgehead atoms. The maximum Gasteiger partial charge on any atom is 0.304 e. The van der Waals surface area contributed by atoms with Gasteiger partial charge in [-0.2, -0.15) is 8.42 Å². The molecular formula is C10H9FN2O3S. The molecule has 2 rings (SSSR count). The topological polar surface area (TPSA) is 69.0 Å². The third kappa shape index (κ3) is 2.68. The zero-order chi connectivity index (χ0) is 12.5. The molecule has 1 aromatic carbocycles. The molecule has 1 heterocycles. The normalized spacial score (nSPS) is 11.8. The first-order valence-electron chi connectivity index (χ1n) is 4.84. The summed E-state index contributed by atoms with van der Waals surface area (Å²) in [6.45, 7) is -0.241. The van der Waals surface area contributed by atoms with Gasteiger partial charge in [0.2, 0.25) is 0 Å². The molecule has 0 amide bonds. The number of aryl methyl sites for hydroxylation is 1. The molecule has 0 N–H and O–H groups in total. The Morgan fingerprint density at radius 2 is 2.00 bits per heavy atom. The number of rotatable bonds is 3. The number of fused-ring (bicyclic) bond motifs is 1. The van der Waals surface area contributed by atoms with Crippen molar-refractivity contribution in [3.63, 3.8) is 0 Å². The Balaban J connectivity index is 2.43. The number of hydrogen-bond acceptors (Lipinski definition) is 4. The first-order valence-corrected chi connectivity index (χ1v) is 6.39. The van der Waals surface area contributed by atoms with Gasteiger partial charge in [0.15, 0.2) is 0 Å². The van der Waals surface area contributed by atoms with Gasteiger partial charge in [0.25, 0.3) is 5.56 Å². The van der Waals surface area contributed by atoms with Gasteiger partial charge < -0.3 is 0 Å². The summed E-state index contributed by atoms with van der Waals surface area (Å²) in [7, 11) is -4.58. The van der Waals surface area contributed by atoms with Gasteiger partial charge in [0, 0.05) is 6.54 Å². The van der Waals surface area contributed by atoms with Crippen molar-refractivity contribution in [2.45, 2.75) is 6.54 Å². The fraction of sp³-hybridized carbons (Fsp3) is 0.200. The van der Waals surface area contributed by atoms with Crippen molar-refractivity contribution in [3.8, 4) is 0 Å². The molecule has 0 aliphatic rings. The fourth-order valence-corrected chi connectivity index (χ4v) is 1.89. The van der Waals surface area contributed by atoms with Crippen LogP contribution in [0.3, 0.4) is 0 Å². The molecule has 0 fully saturated rings. The Labute approximate surface area is 96.7 Å². The standard InChI is InChI=1S/C10H9FN2O3S/c11-17(15,16)6-5-13-7-12-9-4-2-1-3-8(9)10(13)14/h1-4,7H,5-6H2. The van der Waals surface area contributed by atoms with Gasteiger partial charge >= 0.3 is 10.2 Å². The Morgan fingerprint density at radius 1 is 1.29 bits per heavy atom. The monoisotopic (exact) mass is 256 g/mol. The van der Waals surface area contributed by atoms with Crippen LogP contribution < -0.4 is 5.56 Å². The summed E-state index contributed by atoms with van der Waals surface area (Å²) >= 11 is 0. The molecule has 0 spiro atoms. The van der Waals surface area contributed by atoms with Crippen molar-refractivity contribution in [1.29, 1.82) is 0 Å². The Morgan fingerprint density at radius 3 is 2.71 bits per heavy atom. The zero-order valence-electron chi connectivity index (χ0n) is 8.71. The Bertz CT molecular complexity index is 709. The minimum absolute atomic E-state index is 0.241. The van der Waals surface area contributed by atoms with Gasteiger partial charge in [-0.1, -0.05) is 12.1 Å². The second-order valence-electron chi connectivity index (χ2n) is 3.50. The second kappa shape index (κ2) is 4.25. The highest BCUT2D eigenvalue weighted by atomic mass is 32.3. The number of aromatic nitrogens is 2. The first-order chi connectivity index (χ1) is 7.97. The molecule has 5 nitrogen and oxygen atoms in total. The van der Waals surface area contributed by atoms with Crippen molar-refractivity contribution < 1.29 is 12.3 Å². The highest BCUT2D eigenvalue weighted by Crippen LogP contribution is 2.04. The van der Waals surface area contributed by atoms with Crippen LogP contribution in [0.1, 0.15) is 0 Å². The summed E-state index contributed by atoms with van der Waals surface area (Å²) in [4.78, 5) is 15.8. The Hall–Kier alpha value is -1.76. The number of hydrogen-bond donors (Lipinski definition) is 0. The molecule has 0 aliphatic heterocycles. The number of halogens is 1. The largest absolute Gasteiger partial charge is 0.304 e. The van der Waals surface area contributed by atoms with E-state index in [-0.39, 0.29) is 12.1 Å². The molecule has 90 valence electrons. The lowest BCUT2D eigenvalue weighted by molar-refractivity contribution is 0.544. The van der Waals surface area contributed by atoms with E-state index in [1.165, 1.54) is 6.33 Å². The van der Waals surface area contributed by atoms with Crippen LogP contribution in [0.5, 0.6) is 0 Å². The van der Waals surface area contributed by atoms with Crippen LogP contribution in [0.25, 0.3) is 10.9 Å². The van der Waals surface area contributed by atoms with E-state index in [2.05, 4.69) is 4.98 Å². The van der Waals surface area contributed by atoms with Gasteiger partial charge in [-0.25, -0.2) is 4.98 Å². The lowest BCUT2D eigenvalue weighted by atomic mass is 10.2. The SMILES string of the molecule is O=c1c2ccccc2ncn1CCS(=O)(=O)F. The minimum Gasteiger partial charge on any atom is -0.298 e. The molecule has 7 heteroatoms. The van der Waals surface area contributed by atoms with E-state index >= 15 is 0 Å². The summed E-state index contributed by atoms with van der Waals surface area (Å²) in [6, 6.07) is 6.69. The molecule has 0 unspecified atom stereocenters. The minimum atomic E-state index is -4.58. The van der Waals surface area contributed by atoms with Gasteiger partial charge in [-0.15, -0.1) is 3.89 Å². The van der Waals surface area contributed by atoms with E-state index in [0.717, 1.165) is 4.57 Å². The molecular weight excluding hydrogens is 247 g/mol. The summed E-state index contributed by atoms with van der Waals surface area (Å²) in [5.74, 6) is -0.729. The van der Waals surface area contributed by atoms with Gasteiger partial charge in [0.05, 0.1) is 23.0 Å². The number of benzene rings is 1. The number of para-hydroxylation sites is 1. The van der Waals surface area contributed by atoms with Gasteiger partial charge in [-0.3, -0.25) is 9.36 Å². The molecule has 0 radical (unpaired) electrons. The lowest BCUT2D eigenvalue weighted by Crippen LogP contribution is -2.23. The summed E-state index contributed by atoms with van der Waals surface area (Å²) in [6.07, 6.45) is 1.22. The lowest BCUT2D eigenvalue weighted by Gasteiger charge is -2.04. The van der Waals surface area contributed by atoms with E-state index in [4.69, 9.17) is 0 Å². The molecule has 2 aromatic rings. The van der Waals surface area contributed by atoms with E-state index in [0.29, 0.717) is 10.9 Å². The summed E-state index contributed by atoms with van der Waals surface area (Å²) in [5, 5.41) is 0.381. The Kier molecular flexibility index (Phi) is 2.93. The quantitative estimate of drug-likeness (QED) is 0.758. The smallest absolute Gasteiger partial charge is 0.298 e. The van der Waals surface area contributed by atoms with Gasteiger partial charge in [0.1, 0.15) is 0 Å². The van der Waals surface area contributed by atoms with Crippen molar-refractivity contribution in [1.82, 2.24) is 9.55 Å². The van der Waals surface area contributed by atoms with E-state index in [1.807, 2.05) is 0 Å². The highest BCUT2D eigenvalue weighted by Gasteiger charge is 2.09. The van der Waals surface area contributed by atoms with Crippen LogP contribution in [0.4, 0.5) is 3.89 Å². The maximum atomic E-state index is 12.4. The van der Waals surface area contributed by atoms with Crippen LogP contribution in [-0.4, -0.2) is 23.7 Å². The van der Waals surface area contributed by atoms with Crippen molar-refractivity contribution in [2.24, 2.45) is 0 Å².